The number of hydrogen-bond acceptors (Lipinski definition) is 2. The summed E-state index contributed by atoms with van der Waals surface area (Å²) in [5.41, 5.74) is 0.391. The Labute approximate surface area is 121 Å². The monoisotopic (exact) mass is 275 g/mol. The Balaban J connectivity index is 2.11. The SMILES string of the molecule is CC(C)(C)NC(=O)c1ccccc1OC1CCCCC1. The number of para-hydroxylation sites is 1. The molecule has 0 heterocycles. The van der Waals surface area contributed by atoms with E-state index in [1.807, 2.05) is 45.0 Å². The summed E-state index contributed by atoms with van der Waals surface area (Å²) < 4.78 is 6.06. The third kappa shape index (κ3) is 4.26. The van der Waals surface area contributed by atoms with Gasteiger partial charge >= 0.3 is 0 Å². The van der Waals surface area contributed by atoms with Gasteiger partial charge in [0.25, 0.3) is 5.91 Å². The number of benzene rings is 1. The van der Waals surface area contributed by atoms with Crippen molar-refractivity contribution in [2.75, 3.05) is 0 Å². The topological polar surface area (TPSA) is 38.3 Å². The second kappa shape index (κ2) is 6.29. The third-order valence-electron chi connectivity index (χ3n) is 3.47. The van der Waals surface area contributed by atoms with Gasteiger partial charge in [-0.15, -0.1) is 0 Å². The average Bonchev–Trinajstić information content (AvgIpc) is 2.38. The van der Waals surface area contributed by atoms with Crippen molar-refractivity contribution in [1.29, 1.82) is 0 Å². The minimum absolute atomic E-state index is 0.0658. The Kier molecular flexibility index (Phi) is 4.69. The standard InChI is InChI=1S/C17H25NO2/c1-17(2,3)18-16(19)14-11-7-8-12-15(14)20-13-9-5-4-6-10-13/h7-8,11-13H,4-6,9-10H2,1-3H3,(H,18,19). The van der Waals surface area contributed by atoms with Crippen LogP contribution >= 0.6 is 0 Å². The molecule has 0 aliphatic heterocycles. The van der Waals surface area contributed by atoms with Gasteiger partial charge in [0.05, 0.1) is 11.7 Å². The number of amides is 1. The first kappa shape index (κ1) is 14.9. The molecule has 2 rings (SSSR count). The molecule has 0 spiro atoms. The molecular formula is C17H25NO2. The number of rotatable bonds is 3. The number of carbonyl (C=O) groups is 1. The van der Waals surface area contributed by atoms with Gasteiger partial charge in [-0.2, -0.15) is 0 Å². The van der Waals surface area contributed by atoms with Crippen LogP contribution in [0.15, 0.2) is 24.3 Å². The molecule has 0 bridgehead atoms. The van der Waals surface area contributed by atoms with Crippen molar-refractivity contribution in [2.45, 2.75) is 64.5 Å². The van der Waals surface area contributed by atoms with Gasteiger partial charge in [-0.05, 0) is 58.6 Å². The summed E-state index contributed by atoms with van der Waals surface area (Å²) in [7, 11) is 0. The summed E-state index contributed by atoms with van der Waals surface area (Å²) in [6.45, 7) is 5.94. The molecule has 1 aliphatic carbocycles. The van der Waals surface area contributed by atoms with Crippen LogP contribution in [0.25, 0.3) is 0 Å². The molecule has 1 fully saturated rings. The van der Waals surface area contributed by atoms with Crippen LogP contribution in [-0.4, -0.2) is 17.6 Å². The minimum Gasteiger partial charge on any atom is -0.490 e. The molecule has 1 aliphatic rings. The van der Waals surface area contributed by atoms with Gasteiger partial charge in [0.1, 0.15) is 5.75 Å². The molecule has 20 heavy (non-hydrogen) atoms. The maximum absolute atomic E-state index is 12.3. The van der Waals surface area contributed by atoms with Crippen LogP contribution in [-0.2, 0) is 0 Å². The minimum atomic E-state index is -0.241. The fraction of sp³-hybridized carbons (Fsp3) is 0.588. The van der Waals surface area contributed by atoms with E-state index >= 15 is 0 Å². The van der Waals surface area contributed by atoms with E-state index in [1.54, 1.807) is 0 Å². The van der Waals surface area contributed by atoms with Gasteiger partial charge in [-0.1, -0.05) is 18.6 Å². The molecule has 1 saturated carbocycles. The normalized spacial score (nSPS) is 16.8. The lowest BCUT2D eigenvalue weighted by molar-refractivity contribution is 0.0908. The van der Waals surface area contributed by atoms with Crippen molar-refractivity contribution in [3.63, 3.8) is 0 Å². The van der Waals surface area contributed by atoms with E-state index in [2.05, 4.69) is 5.32 Å². The maximum Gasteiger partial charge on any atom is 0.255 e. The molecular weight excluding hydrogens is 250 g/mol. The van der Waals surface area contributed by atoms with Gasteiger partial charge in [0, 0.05) is 5.54 Å². The Bertz CT molecular complexity index is 456. The first-order valence-corrected chi connectivity index (χ1v) is 7.54. The van der Waals surface area contributed by atoms with E-state index in [0.29, 0.717) is 11.3 Å². The highest BCUT2D eigenvalue weighted by Gasteiger charge is 2.21. The zero-order valence-electron chi connectivity index (χ0n) is 12.7. The van der Waals surface area contributed by atoms with Gasteiger partial charge in [-0.25, -0.2) is 0 Å². The number of ether oxygens (including phenoxy) is 1. The molecule has 0 saturated heterocycles. The molecule has 110 valence electrons. The molecule has 0 radical (unpaired) electrons. The summed E-state index contributed by atoms with van der Waals surface area (Å²) in [5.74, 6) is 0.644. The molecule has 1 aromatic rings. The highest BCUT2D eigenvalue weighted by atomic mass is 16.5. The van der Waals surface area contributed by atoms with Crippen LogP contribution in [0.3, 0.4) is 0 Å². The first-order chi connectivity index (χ1) is 9.46. The molecule has 0 atom stereocenters. The smallest absolute Gasteiger partial charge is 0.255 e. The van der Waals surface area contributed by atoms with E-state index in [-0.39, 0.29) is 17.6 Å². The first-order valence-electron chi connectivity index (χ1n) is 7.54. The Morgan fingerprint density at radius 1 is 1.15 bits per heavy atom. The summed E-state index contributed by atoms with van der Waals surface area (Å²) in [5, 5.41) is 2.99. The van der Waals surface area contributed by atoms with Crippen molar-refractivity contribution in [3.8, 4) is 5.75 Å². The van der Waals surface area contributed by atoms with E-state index in [1.165, 1.54) is 19.3 Å². The molecule has 0 unspecified atom stereocenters. The van der Waals surface area contributed by atoms with Crippen molar-refractivity contribution in [1.82, 2.24) is 5.32 Å². The van der Waals surface area contributed by atoms with E-state index < -0.39 is 0 Å². The van der Waals surface area contributed by atoms with E-state index in [4.69, 9.17) is 4.74 Å². The number of nitrogens with one attached hydrogen (secondary N) is 1. The third-order valence-corrected chi connectivity index (χ3v) is 3.47. The molecule has 1 N–H and O–H groups in total. The Morgan fingerprint density at radius 3 is 2.45 bits per heavy atom. The van der Waals surface area contributed by atoms with Crippen LogP contribution < -0.4 is 10.1 Å². The zero-order valence-corrected chi connectivity index (χ0v) is 12.7. The lowest BCUT2D eigenvalue weighted by atomic mass is 9.97. The quantitative estimate of drug-likeness (QED) is 0.907. The molecule has 3 heteroatoms. The Hall–Kier alpha value is -1.51. The predicted octanol–water partition coefficient (Wildman–Crippen LogP) is 3.93. The molecule has 1 aromatic carbocycles. The average molecular weight is 275 g/mol. The zero-order chi connectivity index (χ0) is 14.6. The van der Waals surface area contributed by atoms with Gasteiger partial charge in [0.15, 0.2) is 0 Å². The fourth-order valence-electron chi connectivity index (χ4n) is 2.53. The second-order valence-corrected chi connectivity index (χ2v) is 6.58. The van der Waals surface area contributed by atoms with Crippen molar-refractivity contribution < 1.29 is 9.53 Å². The lowest BCUT2D eigenvalue weighted by Gasteiger charge is -2.25. The highest BCUT2D eigenvalue weighted by Crippen LogP contribution is 2.26. The molecule has 0 aromatic heterocycles. The highest BCUT2D eigenvalue weighted by molar-refractivity contribution is 5.97. The maximum atomic E-state index is 12.3. The molecule has 1 amide bonds. The van der Waals surface area contributed by atoms with Crippen molar-refractivity contribution in [3.05, 3.63) is 29.8 Å². The van der Waals surface area contributed by atoms with Gasteiger partial charge in [-0.3, -0.25) is 4.79 Å². The Morgan fingerprint density at radius 2 is 1.80 bits per heavy atom. The van der Waals surface area contributed by atoms with E-state index in [9.17, 15) is 4.79 Å². The van der Waals surface area contributed by atoms with Gasteiger partial charge in [0.2, 0.25) is 0 Å². The summed E-state index contributed by atoms with van der Waals surface area (Å²) in [6.07, 6.45) is 6.19. The largest absolute Gasteiger partial charge is 0.490 e. The van der Waals surface area contributed by atoms with Gasteiger partial charge < -0.3 is 10.1 Å². The number of hydrogen-bond donors (Lipinski definition) is 1. The predicted molar refractivity (Wildman–Crippen MR) is 81.2 cm³/mol. The van der Waals surface area contributed by atoms with Crippen LogP contribution in [0.2, 0.25) is 0 Å². The lowest BCUT2D eigenvalue weighted by Crippen LogP contribution is -2.40. The summed E-state index contributed by atoms with van der Waals surface area (Å²) in [4.78, 5) is 12.3. The van der Waals surface area contributed by atoms with Crippen LogP contribution in [0.5, 0.6) is 5.75 Å². The van der Waals surface area contributed by atoms with Crippen LogP contribution in [0.4, 0.5) is 0 Å². The molecule has 3 nitrogen and oxygen atoms in total. The summed E-state index contributed by atoms with van der Waals surface area (Å²) >= 11 is 0. The fourth-order valence-corrected chi connectivity index (χ4v) is 2.53. The van der Waals surface area contributed by atoms with Crippen LogP contribution in [0, 0.1) is 0 Å². The number of carbonyl (C=O) groups excluding carboxylic acids is 1. The van der Waals surface area contributed by atoms with Crippen molar-refractivity contribution in [2.24, 2.45) is 0 Å². The van der Waals surface area contributed by atoms with Crippen LogP contribution in [0.1, 0.15) is 63.2 Å². The second-order valence-electron chi connectivity index (χ2n) is 6.58. The van der Waals surface area contributed by atoms with E-state index in [0.717, 1.165) is 12.8 Å². The summed E-state index contributed by atoms with van der Waals surface area (Å²) in [6, 6.07) is 7.53. The van der Waals surface area contributed by atoms with Crippen molar-refractivity contribution >= 4 is 5.91 Å².